The molecule has 0 spiro atoms. The quantitative estimate of drug-likeness (QED) is 0.315. The fourth-order valence-corrected chi connectivity index (χ4v) is 4.71. The first-order valence-corrected chi connectivity index (χ1v) is 12.2. The first-order chi connectivity index (χ1) is 17.5. The normalized spacial score (nSPS) is 14.4. The number of carbonyl (C=O) groups excluding carboxylic acids is 3. The van der Waals surface area contributed by atoms with Crippen molar-refractivity contribution in [2.24, 2.45) is 0 Å². The fourth-order valence-electron chi connectivity index (χ4n) is 3.87. The van der Waals surface area contributed by atoms with Gasteiger partial charge in [0, 0.05) is 5.69 Å². The predicted molar refractivity (Wildman–Crippen MR) is 142 cm³/mol. The summed E-state index contributed by atoms with van der Waals surface area (Å²) in [5.41, 5.74) is 2.29. The molecule has 0 aromatic heterocycles. The zero-order valence-corrected chi connectivity index (χ0v) is 20.0. The number of nitrogens with one attached hydrogen (secondary N) is 1. The second kappa shape index (κ2) is 10.5. The Bertz CT molecular complexity index is 1480. The Morgan fingerprint density at radius 3 is 2.47 bits per heavy atom. The topological polar surface area (TPSA) is 75.7 Å². The average Bonchev–Trinajstić information content (AvgIpc) is 3.15. The molecule has 0 unspecified atom stereocenters. The van der Waals surface area contributed by atoms with Gasteiger partial charge in [-0.15, -0.1) is 0 Å². The van der Waals surface area contributed by atoms with Crippen LogP contribution in [-0.4, -0.2) is 28.6 Å². The van der Waals surface area contributed by atoms with E-state index in [-0.39, 0.29) is 30.2 Å². The highest BCUT2D eigenvalue weighted by Gasteiger charge is 2.35. The zero-order chi connectivity index (χ0) is 24.9. The Labute approximate surface area is 212 Å². The lowest BCUT2D eigenvalue weighted by molar-refractivity contribution is -0.123. The van der Waals surface area contributed by atoms with Crippen molar-refractivity contribution in [1.82, 2.24) is 4.90 Å². The van der Waals surface area contributed by atoms with E-state index in [2.05, 4.69) is 5.32 Å². The number of para-hydroxylation sites is 1. The number of imide groups is 1. The van der Waals surface area contributed by atoms with Crippen LogP contribution in [0.25, 0.3) is 16.8 Å². The third kappa shape index (κ3) is 5.47. The van der Waals surface area contributed by atoms with Crippen LogP contribution < -0.4 is 10.1 Å². The van der Waals surface area contributed by atoms with E-state index >= 15 is 0 Å². The predicted octanol–water partition coefficient (Wildman–Crippen LogP) is 6.09. The number of hydrogen-bond acceptors (Lipinski definition) is 5. The highest BCUT2D eigenvalue weighted by Crippen LogP contribution is 2.34. The number of carbonyl (C=O) groups is 3. The van der Waals surface area contributed by atoms with Gasteiger partial charge in [-0.05, 0) is 70.1 Å². The molecule has 3 amide bonds. The van der Waals surface area contributed by atoms with Gasteiger partial charge >= 0.3 is 0 Å². The van der Waals surface area contributed by atoms with E-state index in [1.807, 2.05) is 66.7 Å². The van der Waals surface area contributed by atoms with Gasteiger partial charge in [-0.3, -0.25) is 19.3 Å². The van der Waals surface area contributed by atoms with E-state index in [1.54, 1.807) is 36.4 Å². The standard InChI is InChI=1S/C29H22N2O4S/c32-27(30-24-10-2-1-3-11-24)19-35-25-12-6-7-20(16-25)17-26-28(33)31(29(34)36-26)18-21-13-14-22-8-4-5-9-23(22)15-21/h1-17H,18-19H2,(H,30,32)/b26-17-. The zero-order valence-electron chi connectivity index (χ0n) is 19.2. The molecule has 1 aliphatic heterocycles. The van der Waals surface area contributed by atoms with E-state index < -0.39 is 0 Å². The molecular formula is C29H22N2O4S. The van der Waals surface area contributed by atoms with Crippen LogP contribution in [0.5, 0.6) is 5.75 Å². The monoisotopic (exact) mass is 494 g/mol. The number of ether oxygens (including phenoxy) is 1. The van der Waals surface area contributed by atoms with Crippen LogP contribution in [0.4, 0.5) is 10.5 Å². The number of hydrogen-bond donors (Lipinski definition) is 1. The summed E-state index contributed by atoms with van der Waals surface area (Å²) in [4.78, 5) is 39.4. The van der Waals surface area contributed by atoms with Crippen molar-refractivity contribution in [2.75, 3.05) is 11.9 Å². The van der Waals surface area contributed by atoms with Crippen LogP contribution in [0, 0.1) is 0 Å². The van der Waals surface area contributed by atoms with Gasteiger partial charge in [-0.2, -0.15) is 0 Å². The number of nitrogens with zero attached hydrogens (tertiary/aromatic N) is 1. The molecule has 1 N–H and O–H groups in total. The Kier molecular flexibility index (Phi) is 6.82. The van der Waals surface area contributed by atoms with Crippen molar-refractivity contribution < 1.29 is 19.1 Å². The van der Waals surface area contributed by atoms with Crippen molar-refractivity contribution in [3.05, 3.63) is 113 Å². The molecule has 5 rings (SSSR count). The Balaban J connectivity index is 1.24. The number of amides is 3. The van der Waals surface area contributed by atoms with Crippen molar-refractivity contribution >= 4 is 51.4 Å². The summed E-state index contributed by atoms with van der Waals surface area (Å²) < 4.78 is 5.62. The molecule has 1 fully saturated rings. The molecule has 0 atom stereocenters. The first kappa shape index (κ1) is 23.4. The van der Waals surface area contributed by atoms with Crippen molar-refractivity contribution in [3.8, 4) is 5.75 Å². The SMILES string of the molecule is O=C(COc1cccc(/C=C2\SC(=O)N(Cc3ccc4ccccc4c3)C2=O)c1)Nc1ccccc1. The lowest BCUT2D eigenvalue weighted by atomic mass is 10.1. The maximum absolute atomic E-state index is 13.0. The van der Waals surface area contributed by atoms with E-state index in [1.165, 1.54) is 4.90 Å². The molecule has 4 aromatic carbocycles. The van der Waals surface area contributed by atoms with Crippen LogP contribution in [0.1, 0.15) is 11.1 Å². The van der Waals surface area contributed by atoms with Gasteiger partial charge < -0.3 is 10.1 Å². The van der Waals surface area contributed by atoms with Gasteiger partial charge in [0.25, 0.3) is 17.1 Å². The van der Waals surface area contributed by atoms with Gasteiger partial charge in [0.1, 0.15) is 5.75 Å². The van der Waals surface area contributed by atoms with E-state index in [0.717, 1.165) is 28.1 Å². The molecule has 1 saturated heterocycles. The number of rotatable bonds is 7. The van der Waals surface area contributed by atoms with Crippen molar-refractivity contribution in [1.29, 1.82) is 0 Å². The van der Waals surface area contributed by atoms with Gasteiger partial charge in [0.2, 0.25) is 0 Å². The molecule has 178 valence electrons. The molecule has 1 heterocycles. The summed E-state index contributed by atoms with van der Waals surface area (Å²) in [6, 6.07) is 30.1. The third-order valence-corrected chi connectivity index (χ3v) is 6.52. The summed E-state index contributed by atoms with van der Waals surface area (Å²) in [6.45, 7) is 0.0626. The summed E-state index contributed by atoms with van der Waals surface area (Å²) in [5.74, 6) is -0.115. The van der Waals surface area contributed by atoms with Gasteiger partial charge in [-0.25, -0.2) is 0 Å². The molecular weight excluding hydrogens is 472 g/mol. The number of benzene rings is 4. The van der Waals surface area contributed by atoms with Crippen LogP contribution in [0.3, 0.4) is 0 Å². The molecule has 0 aliphatic carbocycles. The lowest BCUT2D eigenvalue weighted by Gasteiger charge is -2.13. The first-order valence-electron chi connectivity index (χ1n) is 11.4. The second-order valence-electron chi connectivity index (χ2n) is 8.22. The number of fused-ring (bicyclic) bond motifs is 1. The van der Waals surface area contributed by atoms with Crippen molar-refractivity contribution in [2.45, 2.75) is 6.54 Å². The van der Waals surface area contributed by atoms with E-state index in [0.29, 0.717) is 21.9 Å². The minimum absolute atomic E-state index is 0.152. The van der Waals surface area contributed by atoms with Crippen LogP contribution in [0.2, 0.25) is 0 Å². The second-order valence-corrected chi connectivity index (χ2v) is 9.22. The molecule has 6 nitrogen and oxygen atoms in total. The fraction of sp³-hybridized carbons (Fsp3) is 0.0690. The molecule has 0 bridgehead atoms. The highest BCUT2D eigenvalue weighted by atomic mass is 32.2. The van der Waals surface area contributed by atoms with Gasteiger partial charge in [-0.1, -0.05) is 66.7 Å². The Hall–Kier alpha value is -4.36. The third-order valence-electron chi connectivity index (χ3n) is 5.61. The van der Waals surface area contributed by atoms with Gasteiger partial charge in [0.05, 0.1) is 11.4 Å². The van der Waals surface area contributed by atoms with Crippen LogP contribution in [-0.2, 0) is 16.1 Å². The minimum atomic E-state index is -0.327. The summed E-state index contributed by atoms with van der Waals surface area (Å²) in [7, 11) is 0. The summed E-state index contributed by atoms with van der Waals surface area (Å²) in [6.07, 6.45) is 1.67. The van der Waals surface area contributed by atoms with E-state index in [9.17, 15) is 14.4 Å². The molecule has 36 heavy (non-hydrogen) atoms. The largest absolute Gasteiger partial charge is 0.484 e. The van der Waals surface area contributed by atoms with Crippen LogP contribution >= 0.6 is 11.8 Å². The van der Waals surface area contributed by atoms with Crippen molar-refractivity contribution in [3.63, 3.8) is 0 Å². The van der Waals surface area contributed by atoms with E-state index in [4.69, 9.17) is 4.74 Å². The molecule has 0 saturated carbocycles. The molecule has 1 aliphatic rings. The number of anilines is 1. The van der Waals surface area contributed by atoms with Gasteiger partial charge in [0.15, 0.2) is 6.61 Å². The number of thioether (sulfide) groups is 1. The average molecular weight is 495 g/mol. The highest BCUT2D eigenvalue weighted by molar-refractivity contribution is 8.18. The molecule has 7 heteroatoms. The van der Waals surface area contributed by atoms with Crippen LogP contribution in [0.15, 0.2) is 102 Å². The summed E-state index contributed by atoms with van der Waals surface area (Å²) >= 11 is 0.918. The summed E-state index contributed by atoms with van der Waals surface area (Å²) in [5, 5.41) is 4.63. The maximum atomic E-state index is 13.0. The Morgan fingerprint density at radius 2 is 1.64 bits per heavy atom. The smallest absolute Gasteiger partial charge is 0.293 e. The lowest BCUT2D eigenvalue weighted by Crippen LogP contribution is -2.27. The minimum Gasteiger partial charge on any atom is -0.484 e. The Morgan fingerprint density at radius 1 is 0.861 bits per heavy atom. The maximum Gasteiger partial charge on any atom is 0.293 e. The molecule has 0 radical (unpaired) electrons. The molecule has 4 aromatic rings.